The van der Waals surface area contributed by atoms with E-state index in [-0.39, 0.29) is 5.75 Å². The summed E-state index contributed by atoms with van der Waals surface area (Å²) in [5.41, 5.74) is 0.835. The number of ether oxygens (including phenoxy) is 1. The monoisotopic (exact) mass is 278 g/mol. The van der Waals surface area contributed by atoms with Crippen molar-refractivity contribution in [3.8, 4) is 11.5 Å². The Balaban J connectivity index is 2.51. The number of benzene rings is 1. The van der Waals surface area contributed by atoms with Crippen molar-refractivity contribution in [2.24, 2.45) is 5.92 Å². The van der Waals surface area contributed by atoms with Crippen LogP contribution in [0.15, 0.2) is 12.1 Å². The average molecular weight is 278 g/mol. The zero-order chi connectivity index (χ0) is 15.1. The van der Waals surface area contributed by atoms with Gasteiger partial charge in [0.1, 0.15) is 17.1 Å². The normalized spacial score (nSPS) is 20.4. The minimum atomic E-state index is -0.922. The van der Waals surface area contributed by atoms with Gasteiger partial charge in [0.25, 0.3) is 0 Å². The molecule has 0 bridgehead atoms. The second-order valence-corrected chi connectivity index (χ2v) is 6.58. The number of phenols is 1. The summed E-state index contributed by atoms with van der Waals surface area (Å²) in [7, 11) is 0. The quantitative estimate of drug-likeness (QED) is 0.890. The largest absolute Gasteiger partial charge is 0.507 e. The van der Waals surface area contributed by atoms with E-state index in [1.54, 1.807) is 6.07 Å². The molecule has 1 unspecified atom stereocenters. The van der Waals surface area contributed by atoms with Crippen molar-refractivity contribution in [1.29, 1.82) is 0 Å². The van der Waals surface area contributed by atoms with Crippen LogP contribution in [0.25, 0.3) is 0 Å². The van der Waals surface area contributed by atoms with Crippen LogP contribution in [0.1, 0.15) is 51.2 Å². The first-order chi connectivity index (χ1) is 9.19. The van der Waals surface area contributed by atoms with Crippen LogP contribution < -0.4 is 4.74 Å². The zero-order valence-corrected chi connectivity index (χ0v) is 12.4. The highest BCUT2D eigenvalue weighted by molar-refractivity contribution is 5.79. The minimum absolute atomic E-state index is 0.0288. The van der Waals surface area contributed by atoms with E-state index in [2.05, 4.69) is 13.8 Å². The van der Waals surface area contributed by atoms with Crippen molar-refractivity contribution in [2.45, 2.75) is 52.1 Å². The van der Waals surface area contributed by atoms with Gasteiger partial charge in [0.15, 0.2) is 0 Å². The van der Waals surface area contributed by atoms with E-state index in [1.807, 2.05) is 19.9 Å². The van der Waals surface area contributed by atoms with E-state index in [1.165, 1.54) is 0 Å². The third kappa shape index (κ3) is 2.89. The smallest absolute Gasteiger partial charge is 0.311 e. The first kappa shape index (κ1) is 14.7. The molecule has 0 radical (unpaired) electrons. The maximum Gasteiger partial charge on any atom is 0.311 e. The lowest BCUT2D eigenvalue weighted by Crippen LogP contribution is -2.37. The van der Waals surface area contributed by atoms with Gasteiger partial charge in [0.2, 0.25) is 0 Å². The van der Waals surface area contributed by atoms with Crippen LogP contribution in [0.2, 0.25) is 0 Å². The number of carboxylic acids is 1. The molecule has 0 aromatic heterocycles. The number of carbonyl (C=O) groups is 1. The van der Waals surface area contributed by atoms with Gasteiger partial charge in [-0.1, -0.05) is 13.8 Å². The number of hydrogen-bond acceptors (Lipinski definition) is 3. The maximum atomic E-state index is 11.5. The summed E-state index contributed by atoms with van der Waals surface area (Å²) < 4.78 is 5.88. The molecule has 0 fully saturated rings. The second kappa shape index (κ2) is 5.00. The molecular formula is C16H22O4. The Bertz CT molecular complexity index is 532. The Morgan fingerprint density at radius 2 is 2.10 bits per heavy atom. The SMILES string of the molecule is CC(C)Cc1cc(O)c2c(c1)OC(C)(C)CC2C(=O)O. The molecule has 0 spiro atoms. The highest BCUT2D eigenvalue weighted by atomic mass is 16.5. The molecule has 1 aromatic carbocycles. The van der Waals surface area contributed by atoms with Crippen LogP contribution in [-0.4, -0.2) is 21.8 Å². The fraction of sp³-hybridized carbons (Fsp3) is 0.562. The summed E-state index contributed by atoms with van der Waals surface area (Å²) in [6, 6.07) is 3.53. The molecule has 0 saturated carbocycles. The molecule has 1 aliphatic rings. The van der Waals surface area contributed by atoms with E-state index >= 15 is 0 Å². The molecular weight excluding hydrogens is 256 g/mol. The Morgan fingerprint density at radius 1 is 1.45 bits per heavy atom. The molecule has 1 atom stereocenters. The molecule has 1 aromatic rings. The number of phenolic OH excluding ortho intramolecular Hbond substituents is 1. The van der Waals surface area contributed by atoms with E-state index in [9.17, 15) is 15.0 Å². The van der Waals surface area contributed by atoms with E-state index in [4.69, 9.17) is 4.74 Å². The van der Waals surface area contributed by atoms with Crippen molar-refractivity contribution in [3.63, 3.8) is 0 Å². The van der Waals surface area contributed by atoms with Gasteiger partial charge in [-0.25, -0.2) is 0 Å². The number of aromatic hydroxyl groups is 1. The molecule has 0 saturated heterocycles. The molecule has 0 aliphatic carbocycles. The molecule has 4 nitrogen and oxygen atoms in total. The number of aliphatic carboxylic acids is 1. The van der Waals surface area contributed by atoms with E-state index in [0.717, 1.165) is 12.0 Å². The Kier molecular flexibility index (Phi) is 3.67. The molecule has 20 heavy (non-hydrogen) atoms. The van der Waals surface area contributed by atoms with Gasteiger partial charge in [-0.05, 0) is 43.9 Å². The molecule has 1 heterocycles. The van der Waals surface area contributed by atoms with Crippen LogP contribution in [0.3, 0.4) is 0 Å². The molecule has 2 N–H and O–H groups in total. The van der Waals surface area contributed by atoms with Gasteiger partial charge in [-0.3, -0.25) is 4.79 Å². The lowest BCUT2D eigenvalue weighted by Gasteiger charge is -2.36. The first-order valence-electron chi connectivity index (χ1n) is 6.97. The lowest BCUT2D eigenvalue weighted by atomic mass is 9.83. The Morgan fingerprint density at radius 3 is 2.65 bits per heavy atom. The van der Waals surface area contributed by atoms with Crippen LogP contribution >= 0.6 is 0 Å². The van der Waals surface area contributed by atoms with Crippen molar-refractivity contribution in [1.82, 2.24) is 0 Å². The third-order valence-electron chi connectivity index (χ3n) is 3.55. The minimum Gasteiger partial charge on any atom is -0.507 e. The summed E-state index contributed by atoms with van der Waals surface area (Å²) in [6.45, 7) is 7.94. The van der Waals surface area contributed by atoms with Gasteiger partial charge in [-0.15, -0.1) is 0 Å². The van der Waals surface area contributed by atoms with Crippen molar-refractivity contribution < 1.29 is 19.7 Å². The van der Waals surface area contributed by atoms with Crippen LogP contribution in [0, 0.1) is 5.92 Å². The highest BCUT2D eigenvalue weighted by Crippen LogP contribution is 2.46. The predicted octanol–water partition coefficient (Wildman–Crippen LogP) is 3.32. The number of hydrogen-bond donors (Lipinski definition) is 2. The summed E-state index contributed by atoms with van der Waals surface area (Å²) in [6.07, 6.45) is 1.18. The molecule has 1 aliphatic heterocycles. The Labute approximate surface area is 119 Å². The van der Waals surface area contributed by atoms with E-state index in [0.29, 0.717) is 23.7 Å². The fourth-order valence-electron chi connectivity index (χ4n) is 2.84. The fourth-order valence-corrected chi connectivity index (χ4v) is 2.84. The van der Waals surface area contributed by atoms with E-state index < -0.39 is 17.5 Å². The molecule has 2 rings (SSSR count). The predicted molar refractivity (Wildman–Crippen MR) is 76.3 cm³/mol. The van der Waals surface area contributed by atoms with Gasteiger partial charge < -0.3 is 14.9 Å². The van der Waals surface area contributed by atoms with Gasteiger partial charge in [-0.2, -0.15) is 0 Å². The maximum absolute atomic E-state index is 11.5. The third-order valence-corrected chi connectivity index (χ3v) is 3.55. The standard InChI is InChI=1S/C16H22O4/c1-9(2)5-10-6-12(17)14-11(15(18)19)8-16(3,4)20-13(14)7-10/h6-7,9,11,17H,5,8H2,1-4H3,(H,18,19). The van der Waals surface area contributed by atoms with Crippen LogP contribution in [0.5, 0.6) is 11.5 Å². The summed E-state index contributed by atoms with van der Waals surface area (Å²) in [5, 5.41) is 19.6. The molecule has 0 amide bonds. The van der Waals surface area contributed by atoms with Crippen LogP contribution in [-0.2, 0) is 11.2 Å². The second-order valence-electron chi connectivity index (χ2n) is 6.58. The lowest BCUT2D eigenvalue weighted by molar-refractivity contribution is -0.140. The topological polar surface area (TPSA) is 66.8 Å². The zero-order valence-electron chi connectivity index (χ0n) is 12.4. The van der Waals surface area contributed by atoms with Crippen LogP contribution in [0.4, 0.5) is 0 Å². The number of rotatable bonds is 3. The average Bonchev–Trinajstić information content (AvgIpc) is 2.24. The Hall–Kier alpha value is -1.71. The molecule has 4 heteroatoms. The first-order valence-corrected chi connectivity index (χ1v) is 6.97. The van der Waals surface area contributed by atoms with Gasteiger partial charge in [0.05, 0.1) is 11.5 Å². The molecule has 110 valence electrons. The summed E-state index contributed by atoms with van der Waals surface area (Å²) in [5.74, 6) is -0.652. The van der Waals surface area contributed by atoms with Gasteiger partial charge in [0, 0.05) is 6.42 Å². The number of fused-ring (bicyclic) bond motifs is 1. The van der Waals surface area contributed by atoms with Crippen molar-refractivity contribution in [2.75, 3.05) is 0 Å². The number of carboxylic acid groups (broad SMARTS) is 1. The summed E-state index contributed by atoms with van der Waals surface area (Å²) >= 11 is 0. The summed E-state index contributed by atoms with van der Waals surface area (Å²) in [4.78, 5) is 11.5. The van der Waals surface area contributed by atoms with Crippen molar-refractivity contribution in [3.05, 3.63) is 23.3 Å². The highest BCUT2D eigenvalue weighted by Gasteiger charge is 2.39. The van der Waals surface area contributed by atoms with Gasteiger partial charge >= 0.3 is 5.97 Å². The van der Waals surface area contributed by atoms with Crippen molar-refractivity contribution >= 4 is 5.97 Å².